The second-order valence-electron chi connectivity index (χ2n) is 36.0. The van der Waals surface area contributed by atoms with Crippen LogP contribution in [0.1, 0.15) is 243 Å². The van der Waals surface area contributed by atoms with Crippen molar-refractivity contribution in [3.8, 4) is 0 Å². The number of aliphatic imine (C=N–C) groups is 2. The molecule has 12 atom stereocenters. The smallest absolute Gasteiger partial charge is 0.246 e. The van der Waals surface area contributed by atoms with Crippen molar-refractivity contribution in [1.29, 1.82) is 5.41 Å². The molecule has 0 spiro atoms. The zero-order chi connectivity index (χ0) is 102. The molecule has 44 heteroatoms. The molecule has 0 aliphatic carbocycles. The molecule has 2 aromatic heterocycles. The second-order valence-corrected chi connectivity index (χ2v) is 36.0. The van der Waals surface area contributed by atoms with Gasteiger partial charge in [-0.2, -0.15) is 0 Å². The summed E-state index contributed by atoms with van der Waals surface area (Å²) in [6, 6.07) is -0.870. The average molecular weight is 1970 g/mol. The van der Waals surface area contributed by atoms with Crippen LogP contribution in [0.5, 0.6) is 0 Å². The molecule has 0 bridgehead atoms. The van der Waals surface area contributed by atoms with Crippen LogP contribution in [0.3, 0.4) is 0 Å². The number of aliphatic hydroxyl groups excluding tert-OH is 2. The summed E-state index contributed by atoms with van der Waals surface area (Å²) in [5, 5.41) is 78.8. The van der Waals surface area contributed by atoms with Crippen LogP contribution in [0.25, 0.3) is 10.9 Å². The lowest BCUT2D eigenvalue weighted by Crippen LogP contribution is -2.61. The highest BCUT2D eigenvalue weighted by Crippen LogP contribution is 2.26. The normalized spacial score (nSPS) is 19.4. The van der Waals surface area contributed by atoms with Crippen LogP contribution in [0.4, 0.5) is 0 Å². The van der Waals surface area contributed by atoms with E-state index >= 15 is 28.8 Å². The highest BCUT2D eigenvalue weighted by atomic mass is 16.5. The molecule has 2 aromatic carbocycles. The lowest BCUT2D eigenvalue weighted by molar-refractivity contribution is -0.143. The van der Waals surface area contributed by atoms with Crippen LogP contribution in [0.15, 0.2) is 94.3 Å². The first-order valence-corrected chi connectivity index (χ1v) is 49.5. The van der Waals surface area contributed by atoms with Gasteiger partial charge in [0.25, 0.3) is 0 Å². The Balaban J connectivity index is 0.888. The van der Waals surface area contributed by atoms with Gasteiger partial charge in [0, 0.05) is 138 Å². The van der Waals surface area contributed by atoms with Gasteiger partial charge in [-0.3, -0.25) is 92.1 Å². The predicted octanol–water partition coefficient (Wildman–Crippen LogP) is 1.36. The number of aromatic amines is 2. The minimum Gasteiger partial charge on any atom is -0.394 e. The number of primary amides is 1. The van der Waals surface area contributed by atoms with Gasteiger partial charge in [0.1, 0.15) is 78.6 Å². The Kier molecular flexibility index (Phi) is 50.4. The van der Waals surface area contributed by atoms with E-state index in [0.29, 0.717) is 61.0 Å². The van der Waals surface area contributed by atoms with Gasteiger partial charge in [-0.1, -0.05) is 164 Å². The fourth-order valence-corrected chi connectivity index (χ4v) is 16.8. The van der Waals surface area contributed by atoms with Gasteiger partial charge >= 0.3 is 0 Å². The number of aryl methyl sites for hydroxylation is 1. The lowest BCUT2D eigenvalue weighted by atomic mass is 9.99. The molecule has 2 fully saturated rings. The summed E-state index contributed by atoms with van der Waals surface area (Å²) in [4.78, 5) is 240. The first kappa shape index (κ1) is 113. The number of allylic oxidation sites excluding steroid dienone is 2. The number of carbonyl (C=O) groups excluding carboxylic acids is 16. The minimum absolute atomic E-state index is 0.00565. The summed E-state index contributed by atoms with van der Waals surface area (Å²) in [6.45, 7) is 1.08. The molecule has 14 amide bonds. The number of aliphatic hydroxyl groups is 2. The van der Waals surface area contributed by atoms with Gasteiger partial charge in [0.15, 0.2) is 11.7 Å². The molecule has 2 saturated heterocycles. The van der Waals surface area contributed by atoms with Crippen molar-refractivity contribution in [2.75, 3.05) is 59.2 Å². The van der Waals surface area contributed by atoms with Gasteiger partial charge in [-0.15, -0.1) is 5.10 Å². The van der Waals surface area contributed by atoms with E-state index in [1.165, 1.54) is 64.5 Å². The van der Waals surface area contributed by atoms with E-state index in [1.807, 2.05) is 31.2 Å². The molecule has 8 rings (SSSR count). The predicted molar refractivity (Wildman–Crippen MR) is 522 cm³/mol. The molecule has 772 valence electrons. The van der Waals surface area contributed by atoms with Crippen LogP contribution in [-0.2, 0) is 105 Å². The van der Waals surface area contributed by atoms with E-state index in [0.717, 1.165) is 60.2 Å². The first-order valence-electron chi connectivity index (χ1n) is 49.5. The third kappa shape index (κ3) is 42.1. The Bertz CT molecular complexity index is 4890. The number of tetrazole rings is 1. The molecule has 141 heavy (non-hydrogen) atoms. The van der Waals surface area contributed by atoms with Crippen molar-refractivity contribution in [3.63, 3.8) is 0 Å². The minimum atomic E-state index is -1.75. The number of H-pyrrole nitrogens is 2. The number of hydrogen-bond donors (Lipinski definition) is 20. The zero-order valence-corrected chi connectivity index (χ0v) is 80.9. The number of amides is 14. The summed E-state index contributed by atoms with van der Waals surface area (Å²) in [7, 11) is 0. The molecule has 4 aliphatic rings. The standard InChI is InChI=1S/C97H144N24O20/c1-3-4-35-72(87(130)112-75-42-41-67(124)33-20-17-21-36-70(62(2)123)108-91(134)77(53-64-57-105-71-37-25-24-34-69(64)71)113-88(131)73(38-28-47-104-97(99)100)110-90(133)76(52-63-29-18-16-19-30-63)116-95(138)81-56-68(125)59-121(81)96(75)139)109-92(135)78(54-65-31-26-45-101-65)115-93(136)79(55-66-32-27-46-102-66)114-89(132)74(43-44-82(98)126)111-94(137)80(60-122)107-85(128)58-106-86(129)61-141-51-50-140-49-48-103-84(127)40-23-15-13-11-9-7-5-6-8-10-12-14-22-39-83-117-119-120-118-83/h16,18-19,24-25,29-32,34,37,45-46,57,68,70,72-81,105,122,125H,3-15,17,20-23,26-28,33,35-36,38-44,47-56,58-61H2,1-2H3,(H2,98,126)(H,103,127)(H,106,129)(H,107,128)(H,108,134)(H,109,135)(H,110,133)(H,111,137)(H,112,130)(H,113,131)(H,114,132)(H,115,136)(H,116,138)(H4,99,100,104)(H,117,118,119,120)/t68-,70+,72+,73+,74+,75+,76-,77+,78+,79+,80+,81+/m1/s1. The molecular formula is C97H144N24O20. The Hall–Kier alpha value is -13.1. The van der Waals surface area contributed by atoms with Crippen molar-refractivity contribution >= 4 is 124 Å². The fraction of sp³-hybridized carbons (Fsp3) is 0.608. The van der Waals surface area contributed by atoms with Gasteiger partial charge < -0.3 is 110 Å². The molecule has 0 unspecified atom stereocenters. The highest BCUT2D eigenvalue weighted by molar-refractivity contribution is 6.01. The number of unbranched alkanes of at least 4 members (excludes halogenated alkanes) is 13. The number of nitrogens with two attached hydrogens (primary N) is 2. The van der Waals surface area contributed by atoms with Crippen molar-refractivity contribution in [3.05, 3.63) is 101 Å². The van der Waals surface area contributed by atoms with Crippen LogP contribution in [-0.4, -0.2) is 285 Å². The van der Waals surface area contributed by atoms with Gasteiger partial charge in [-0.05, 0) is 92.3 Å². The number of guanidine groups is 1. The molecule has 4 aromatic rings. The maximum atomic E-state index is 15.5. The largest absolute Gasteiger partial charge is 0.394 e. The van der Waals surface area contributed by atoms with E-state index < -0.39 is 194 Å². The number of ether oxygens (including phenoxy) is 2. The third-order valence-corrected chi connectivity index (χ3v) is 24.7. The molecule has 22 N–H and O–H groups in total. The maximum Gasteiger partial charge on any atom is 0.246 e. The fourth-order valence-electron chi connectivity index (χ4n) is 16.8. The summed E-state index contributed by atoms with van der Waals surface area (Å²) in [6.07, 6.45) is 22.5. The Morgan fingerprint density at radius 2 is 1.17 bits per heavy atom. The number of aromatic nitrogens is 5. The van der Waals surface area contributed by atoms with Crippen molar-refractivity contribution in [2.45, 2.75) is 318 Å². The van der Waals surface area contributed by atoms with Crippen molar-refractivity contribution in [2.24, 2.45) is 21.5 Å². The number of Topliss-reactive ketones (excluding diaryl/α,β-unsaturated/α-hetero) is 2. The second kappa shape index (κ2) is 62.8. The monoisotopic (exact) mass is 1970 g/mol. The summed E-state index contributed by atoms with van der Waals surface area (Å²) in [5.74, 6) is -12.3. The third-order valence-electron chi connectivity index (χ3n) is 24.7. The van der Waals surface area contributed by atoms with Crippen molar-refractivity contribution in [1.82, 2.24) is 99.6 Å². The molecule has 44 nitrogen and oxygen atoms in total. The summed E-state index contributed by atoms with van der Waals surface area (Å²) < 4.78 is 10.9. The van der Waals surface area contributed by atoms with E-state index in [9.17, 15) is 58.2 Å². The molecule has 6 heterocycles. The van der Waals surface area contributed by atoms with E-state index in [4.69, 9.17) is 26.4 Å². The number of rotatable bonds is 57. The number of fused-ring (bicyclic) bond motifs is 2. The van der Waals surface area contributed by atoms with Crippen LogP contribution < -0.4 is 80.6 Å². The number of benzene rings is 2. The van der Waals surface area contributed by atoms with Crippen LogP contribution in [0.2, 0.25) is 0 Å². The molecular weight excluding hydrogens is 1820 g/mol. The maximum absolute atomic E-state index is 15.5. The lowest BCUT2D eigenvalue weighted by Gasteiger charge is -2.31. The number of carbonyl (C=O) groups is 16. The Morgan fingerprint density at radius 1 is 0.574 bits per heavy atom. The van der Waals surface area contributed by atoms with Crippen LogP contribution in [0, 0.1) is 5.41 Å². The topological polar surface area (TPSA) is 663 Å². The average Bonchev–Trinajstić information content (AvgIpc) is 1.68. The Morgan fingerprint density at radius 3 is 1.80 bits per heavy atom. The summed E-state index contributed by atoms with van der Waals surface area (Å²) >= 11 is 0. The SMILES string of the molecule is CCCC[C@H](NC(=O)[C@H](CC1=CCC=N1)NC(=O)[C@H](CC1=CCC=N1)NC(=O)[C@H](CCC(N)=O)NC(=O)[C@H](CO)NC(=O)CNC(=O)COCCOCCNC(=O)CCCCCCCCCCCCCCCc1nnn[nH]1)C(=O)N[C@H]1CCC(=O)CCCCC[C@@H](C(C)=O)NC(=O)[C@H](Cc2c[nH]c3ccccc23)NC(=O)[C@H](CCCNC(=N)N)NC(=O)[C@@H](Cc2ccccc2)NC(=O)[C@@H]2C[C@@H](O)CN2C1=O. The van der Waals surface area contributed by atoms with E-state index in [2.05, 4.69) is 105 Å². The van der Waals surface area contributed by atoms with E-state index in [1.54, 1.807) is 54.9 Å². The van der Waals surface area contributed by atoms with Crippen LogP contribution >= 0.6 is 0 Å². The van der Waals surface area contributed by atoms with Gasteiger partial charge in [0.05, 0.1) is 45.1 Å². The molecule has 0 saturated carbocycles. The first-order chi connectivity index (χ1) is 68.0. The number of hydrogen-bond acceptors (Lipinski definition) is 26. The highest BCUT2D eigenvalue weighted by Gasteiger charge is 2.45. The quantitative estimate of drug-likeness (QED) is 0.0169. The summed E-state index contributed by atoms with van der Waals surface area (Å²) in [5.41, 5.74) is 13.7. The number of nitrogens with zero attached hydrogens (tertiary/aromatic N) is 6. The number of para-hydroxylation sites is 1. The Labute approximate surface area is 820 Å². The number of ketones is 2. The zero-order valence-electron chi connectivity index (χ0n) is 80.9. The van der Waals surface area contributed by atoms with Gasteiger partial charge in [0.2, 0.25) is 82.7 Å². The molecule has 4 aliphatic heterocycles. The van der Waals surface area contributed by atoms with Crippen molar-refractivity contribution < 1.29 is 96.4 Å². The van der Waals surface area contributed by atoms with Gasteiger partial charge in [-0.25, -0.2) is 5.10 Å². The number of nitrogens with one attached hydrogen (secondary N) is 16. The van der Waals surface area contributed by atoms with E-state index in [-0.39, 0.29) is 140 Å². The molecule has 0 radical (unpaired) electrons.